The van der Waals surface area contributed by atoms with Gasteiger partial charge in [-0.15, -0.1) is 12.4 Å². The Morgan fingerprint density at radius 2 is 2.18 bits per heavy atom. The summed E-state index contributed by atoms with van der Waals surface area (Å²) in [4.78, 5) is 14.1. The number of nitrogens with one attached hydrogen (secondary N) is 1. The standard InChI is InChI=1S/C12H15BrN2O.ClH/c1-9-8-15(7-6-14-9)12(16)10-4-2-3-5-11(10)13;/h2-5,9,14H,6-8H2,1H3;1H. The van der Waals surface area contributed by atoms with Gasteiger partial charge in [-0.3, -0.25) is 4.79 Å². The Morgan fingerprint density at radius 1 is 1.47 bits per heavy atom. The number of hydrogen-bond donors (Lipinski definition) is 1. The first-order valence-corrected chi connectivity index (χ1v) is 6.25. The van der Waals surface area contributed by atoms with E-state index in [9.17, 15) is 4.79 Å². The molecule has 1 aromatic carbocycles. The molecule has 0 saturated carbocycles. The summed E-state index contributed by atoms with van der Waals surface area (Å²) in [6.07, 6.45) is 0. The third-order valence-electron chi connectivity index (χ3n) is 2.76. The molecule has 1 unspecified atom stereocenters. The Balaban J connectivity index is 0.00000144. The smallest absolute Gasteiger partial charge is 0.255 e. The van der Waals surface area contributed by atoms with Crippen molar-refractivity contribution in [3.05, 3.63) is 34.3 Å². The van der Waals surface area contributed by atoms with E-state index < -0.39 is 0 Å². The van der Waals surface area contributed by atoms with Gasteiger partial charge in [-0.25, -0.2) is 0 Å². The Hall–Kier alpha value is -0.580. The number of hydrogen-bond acceptors (Lipinski definition) is 2. The van der Waals surface area contributed by atoms with E-state index in [1.165, 1.54) is 0 Å². The summed E-state index contributed by atoms with van der Waals surface area (Å²) in [5.74, 6) is 0.112. The molecule has 1 aliphatic heterocycles. The predicted molar refractivity (Wildman–Crippen MR) is 74.8 cm³/mol. The fraction of sp³-hybridized carbons (Fsp3) is 0.417. The van der Waals surface area contributed by atoms with Crippen LogP contribution in [0.2, 0.25) is 0 Å². The van der Waals surface area contributed by atoms with E-state index in [1.807, 2.05) is 29.2 Å². The van der Waals surface area contributed by atoms with Crippen LogP contribution < -0.4 is 5.32 Å². The summed E-state index contributed by atoms with van der Waals surface area (Å²) in [7, 11) is 0. The van der Waals surface area contributed by atoms with E-state index in [4.69, 9.17) is 0 Å². The number of nitrogens with zero attached hydrogens (tertiary/aromatic N) is 1. The fourth-order valence-electron chi connectivity index (χ4n) is 1.92. The zero-order valence-corrected chi connectivity index (χ0v) is 12.1. The van der Waals surface area contributed by atoms with Crippen LogP contribution in [-0.4, -0.2) is 36.5 Å². The molecule has 3 nitrogen and oxygen atoms in total. The molecule has 1 saturated heterocycles. The average molecular weight is 320 g/mol. The van der Waals surface area contributed by atoms with Gasteiger partial charge in [0.1, 0.15) is 0 Å². The Labute approximate surface area is 116 Å². The second-order valence-electron chi connectivity index (χ2n) is 4.09. The molecule has 0 radical (unpaired) electrons. The Kier molecular flexibility index (Phi) is 5.43. The summed E-state index contributed by atoms with van der Waals surface area (Å²) in [5, 5.41) is 3.33. The summed E-state index contributed by atoms with van der Waals surface area (Å²) in [5.41, 5.74) is 0.747. The summed E-state index contributed by atoms with van der Waals surface area (Å²) in [6, 6.07) is 7.95. The number of benzene rings is 1. The third-order valence-corrected chi connectivity index (χ3v) is 3.45. The summed E-state index contributed by atoms with van der Waals surface area (Å²) < 4.78 is 0.867. The van der Waals surface area contributed by atoms with Gasteiger partial charge in [0.15, 0.2) is 0 Å². The van der Waals surface area contributed by atoms with Crippen molar-refractivity contribution in [1.82, 2.24) is 10.2 Å². The molecule has 0 spiro atoms. The zero-order valence-electron chi connectivity index (χ0n) is 9.65. The van der Waals surface area contributed by atoms with Crippen molar-refractivity contribution in [2.75, 3.05) is 19.6 Å². The van der Waals surface area contributed by atoms with Crippen molar-refractivity contribution in [2.45, 2.75) is 13.0 Å². The normalized spacial score (nSPS) is 19.6. The minimum Gasteiger partial charge on any atom is -0.336 e. The first-order chi connectivity index (χ1) is 7.68. The molecule has 17 heavy (non-hydrogen) atoms. The highest BCUT2D eigenvalue weighted by Crippen LogP contribution is 2.18. The molecule has 1 fully saturated rings. The van der Waals surface area contributed by atoms with Crippen molar-refractivity contribution in [3.63, 3.8) is 0 Å². The minimum atomic E-state index is 0. The molecule has 1 N–H and O–H groups in total. The van der Waals surface area contributed by atoms with Gasteiger partial charge in [-0.2, -0.15) is 0 Å². The molecule has 0 aromatic heterocycles. The van der Waals surface area contributed by atoms with Gasteiger partial charge in [0.2, 0.25) is 0 Å². The fourth-order valence-corrected chi connectivity index (χ4v) is 2.38. The molecular weight excluding hydrogens is 304 g/mol. The number of halogens is 2. The molecule has 1 aromatic rings. The van der Waals surface area contributed by atoms with Gasteiger partial charge < -0.3 is 10.2 Å². The lowest BCUT2D eigenvalue weighted by atomic mass is 10.1. The highest BCUT2D eigenvalue weighted by molar-refractivity contribution is 9.10. The number of rotatable bonds is 1. The van der Waals surface area contributed by atoms with Crippen LogP contribution in [0.25, 0.3) is 0 Å². The maximum absolute atomic E-state index is 12.2. The molecule has 1 atom stereocenters. The van der Waals surface area contributed by atoms with Crippen LogP contribution in [0.15, 0.2) is 28.7 Å². The quantitative estimate of drug-likeness (QED) is 0.861. The number of piperazine rings is 1. The highest BCUT2D eigenvalue weighted by atomic mass is 79.9. The molecule has 0 bridgehead atoms. The van der Waals surface area contributed by atoms with Gasteiger partial charge >= 0.3 is 0 Å². The lowest BCUT2D eigenvalue weighted by Crippen LogP contribution is -2.51. The van der Waals surface area contributed by atoms with E-state index in [-0.39, 0.29) is 18.3 Å². The van der Waals surface area contributed by atoms with Gasteiger partial charge in [0.05, 0.1) is 5.56 Å². The molecular formula is C12H16BrClN2O. The van der Waals surface area contributed by atoms with Gasteiger partial charge in [-0.05, 0) is 35.0 Å². The molecule has 1 amide bonds. The van der Waals surface area contributed by atoms with Crippen LogP contribution in [0.5, 0.6) is 0 Å². The second kappa shape index (κ2) is 6.38. The monoisotopic (exact) mass is 318 g/mol. The molecule has 1 heterocycles. The summed E-state index contributed by atoms with van der Waals surface area (Å²) >= 11 is 3.42. The van der Waals surface area contributed by atoms with Gasteiger partial charge in [-0.1, -0.05) is 12.1 Å². The SMILES string of the molecule is CC1CN(C(=O)c2ccccc2Br)CCN1.Cl. The van der Waals surface area contributed by atoms with E-state index in [0.29, 0.717) is 6.04 Å². The topological polar surface area (TPSA) is 32.3 Å². The third kappa shape index (κ3) is 3.44. The van der Waals surface area contributed by atoms with Crippen molar-refractivity contribution < 1.29 is 4.79 Å². The van der Waals surface area contributed by atoms with Crippen molar-refractivity contribution in [1.29, 1.82) is 0 Å². The molecule has 94 valence electrons. The maximum atomic E-state index is 12.2. The van der Waals surface area contributed by atoms with Crippen LogP contribution in [0.1, 0.15) is 17.3 Å². The largest absolute Gasteiger partial charge is 0.336 e. The minimum absolute atomic E-state index is 0. The van der Waals surface area contributed by atoms with E-state index >= 15 is 0 Å². The lowest BCUT2D eigenvalue weighted by molar-refractivity contribution is 0.0708. The van der Waals surface area contributed by atoms with Crippen LogP contribution >= 0.6 is 28.3 Å². The zero-order chi connectivity index (χ0) is 11.5. The first kappa shape index (κ1) is 14.5. The molecule has 0 aliphatic carbocycles. The van der Waals surface area contributed by atoms with E-state index in [0.717, 1.165) is 29.7 Å². The average Bonchev–Trinajstić information content (AvgIpc) is 2.29. The van der Waals surface area contributed by atoms with Gasteiger partial charge in [0, 0.05) is 30.1 Å². The van der Waals surface area contributed by atoms with Crippen molar-refractivity contribution in [2.24, 2.45) is 0 Å². The molecule has 5 heteroatoms. The van der Waals surface area contributed by atoms with Crippen LogP contribution in [-0.2, 0) is 0 Å². The second-order valence-corrected chi connectivity index (χ2v) is 4.94. The van der Waals surface area contributed by atoms with Crippen molar-refractivity contribution in [3.8, 4) is 0 Å². The van der Waals surface area contributed by atoms with Crippen LogP contribution in [0.4, 0.5) is 0 Å². The number of amides is 1. The first-order valence-electron chi connectivity index (χ1n) is 5.45. The lowest BCUT2D eigenvalue weighted by Gasteiger charge is -2.32. The van der Waals surface area contributed by atoms with Crippen molar-refractivity contribution >= 4 is 34.2 Å². The Morgan fingerprint density at radius 3 is 2.82 bits per heavy atom. The van der Waals surface area contributed by atoms with Gasteiger partial charge in [0.25, 0.3) is 5.91 Å². The van der Waals surface area contributed by atoms with E-state index in [1.54, 1.807) is 0 Å². The Bertz CT molecular complexity index is 400. The molecule has 1 aliphatic rings. The van der Waals surface area contributed by atoms with E-state index in [2.05, 4.69) is 28.2 Å². The van der Waals surface area contributed by atoms with Crippen LogP contribution in [0.3, 0.4) is 0 Å². The summed E-state index contributed by atoms with van der Waals surface area (Å²) in [6.45, 7) is 4.53. The molecule has 2 rings (SSSR count). The number of carbonyl (C=O) groups excluding carboxylic acids is 1. The maximum Gasteiger partial charge on any atom is 0.255 e. The number of carbonyl (C=O) groups is 1. The highest BCUT2D eigenvalue weighted by Gasteiger charge is 2.22. The van der Waals surface area contributed by atoms with Crippen LogP contribution in [0, 0.1) is 0 Å². The predicted octanol–water partition coefficient (Wildman–Crippen LogP) is 2.30.